The largest absolute Gasteiger partial charge is 0.396 e. The van der Waals surface area contributed by atoms with Gasteiger partial charge in [0.2, 0.25) is 0 Å². The van der Waals surface area contributed by atoms with E-state index in [2.05, 4.69) is 10.7 Å². The van der Waals surface area contributed by atoms with Gasteiger partial charge >= 0.3 is 0 Å². The Bertz CT molecular complexity index is 882. The van der Waals surface area contributed by atoms with E-state index in [0.717, 1.165) is 44.7 Å². The summed E-state index contributed by atoms with van der Waals surface area (Å²) in [7, 11) is 0. The van der Waals surface area contributed by atoms with Crippen molar-refractivity contribution < 1.29 is 14.2 Å². The number of aryl methyl sites for hydroxylation is 1. The van der Waals surface area contributed by atoms with E-state index in [9.17, 15) is 9.50 Å². The molecule has 1 saturated heterocycles. The maximum atomic E-state index is 13.6. The number of halogens is 1. The van der Waals surface area contributed by atoms with E-state index in [4.69, 9.17) is 4.74 Å². The van der Waals surface area contributed by atoms with Gasteiger partial charge in [0, 0.05) is 18.0 Å². The summed E-state index contributed by atoms with van der Waals surface area (Å²) in [5.74, 6) is 0.464. The smallest absolute Gasteiger partial charge is 0.123 e. The fourth-order valence-corrected chi connectivity index (χ4v) is 7.11. The molecule has 3 nitrogen and oxygen atoms in total. The van der Waals surface area contributed by atoms with E-state index in [1.54, 1.807) is 23.3 Å². The van der Waals surface area contributed by atoms with Gasteiger partial charge in [0.05, 0.1) is 13.2 Å². The zero-order valence-corrected chi connectivity index (χ0v) is 18.4. The highest BCUT2D eigenvalue weighted by molar-refractivity contribution is 7.10. The Morgan fingerprint density at radius 1 is 1.23 bits per heavy atom. The normalized spacial score (nSPS) is 26.4. The molecule has 2 fully saturated rings. The lowest BCUT2D eigenvalue weighted by Crippen LogP contribution is -2.35. The number of aliphatic hydroxyl groups excluding tert-OH is 1. The molecule has 1 aromatic heterocycles. The average molecular weight is 430 g/mol. The first kappa shape index (κ1) is 20.6. The lowest BCUT2D eigenvalue weighted by atomic mass is 9.68. The van der Waals surface area contributed by atoms with E-state index in [1.807, 2.05) is 23.5 Å². The van der Waals surface area contributed by atoms with Crippen LogP contribution in [0.4, 0.5) is 4.39 Å². The lowest BCUT2D eigenvalue weighted by Gasteiger charge is -2.37. The van der Waals surface area contributed by atoms with Gasteiger partial charge in [0.25, 0.3) is 0 Å². The summed E-state index contributed by atoms with van der Waals surface area (Å²) in [5.41, 5.74) is 4.41. The quantitative estimate of drug-likeness (QED) is 0.542. The van der Waals surface area contributed by atoms with Crippen molar-refractivity contribution in [3.8, 4) is 0 Å². The van der Waals surface area contributed by atoms with E-state index < -0.39 is 0 Å². The molecule has 0 spiro atoms. The Hall–Kier alpha value is -1.27. The van der Waals surface area contributed by atoms with Gasteiger partial charge in [-0.1, -0.05) is 12.1 Å². The van der Waals surface area contributed by atoms with Crippen LogP contribution in [0.3, 0.4) is 0 Å². The number of hydrogen-bond acceptors (Lipinski definition) is 4. The number of hydrogen-bond donors (Lipinski definition) is 2. The van der Waals surface area contributed by atoms with Gasteiger partial charge in [0.1, 0.15) is 5.82 Å². The molecule has 3 atom stereocenters. The van der Waals surface area contributed by atoms with Crippen LogP contribution in [0, 0.1) is 17.2 Å². The Morgan fingerprint density at radius 3 is 2.83 bits per heavy atom. The average Bonchev–Trinajstić information content (AvgIpc) is 3.13. The Kier molecular flexibility index (Phi) is 5.74. The molecule has 1 aromatic carbocycles. The number of aliphatic hydroxyl groups is 1. The number of rotatable bonds is 10. The highest BCUT2D eigenvalue weighted by Crippen LogP contribution is 2.63. The molecule has 5 rings (SSSR count). The summed E-state index contributed by atoms with van der Waals surface area (Å²) in [6.07, 6.45) is 7.67. The minimum absolute atomic E-state index is 0.144. The van der Waals surface area contributed by atoms with Gasteiger partial charge in [-0.25, -0.2) is 4.39 Å². The molecule has 2 unspecified atom stereocenters. The molecule has 1 saturated carbocycles. The Labute approximate surface area is 182 Å². The third-order valence-electron chi connectivity index (χ3n) is 7.81. The molecule has 2 aliphatic carbocycles. The van der Waals surface area contributed by atoms with Gasteiger partial charge in [-0.2, -0.15) is 0 Å². The zero-order chi connectivity index (χ0) is 20.6. The summed E-state index contributed by atoms with van der Waals surface area (Å²) >= 11 is 1.89. The number of benzene rings is 1. The number of thiophene rings is 1. The monoisotopic (exact) mass is 429 g/mol. The molecule has 162 valence electrons. The molecule has 2 heterocycles. The maximum Gasteiger partial charge on any atom is 0.123 e. The van der Waals surface area contributed by atoms with Crippen LogP contribution < -0.4 is 5.32 Å². The molecule has 30 heavy (non-hydrogen) atoms. The first-order chi connectivity index (χ1) is 14.6. The maximum absolute atomic E-state index is 13.6. The minimum atomic E-state index is -0.201. The first-order valence-electron chi connectivity index (χ1n) is 11.4. The summed E-state index contributed by atoms with van der Waals surface area (Å²) in [6.45, 7) is 3.68. The molecule has 0 bridgehead atoms. The van der Waals surface area contributed by atoms with Crippen molar-refractivity contribution in [2.24, 2.45) is 11.3 Å². The Balaban J connectivity index is 1.31. The lowest BCUT2D eigenvalue weighted by molar-refractivity contribution is 0.124. The number of fused-ring (bicyclic) bond motifs is 2. The van der Waals surface area contributed by atoms with Gasteiger partial charge in [-0.15, -0.1) is 11.3 Å². The molecule has 2 aromatic rings. The second-order valence-electron chi connectivity index (χ2n) is 9.66. The molecule has 5 heteroatoms. The standard InChI is InChI=1S/C25H32FNO2S/c26-21-6-4-19(5-7-21)24(9-11-28,16-25-12-20(25)14-29-17-25)8-10-27-13-23-22-3-1-2-18(22)15-30-23/h4-7,15,20,27-28H,1-3,8-14,16-17H2/t20?,24?,25-/m0/s1. The van der Waals surface area contributed by atoms with E-state index >= 15 is 0 Å². The van der Waals surface area contributed by atoms with Crippen molar-refractivity contribution in [3.63, 3.8) is 0 Å². The van der Waals surface area contributed by atoms with E-state index in [0.29, 0.717) is 12.3 Å². The molecule has 2 N–H and O–H groups in total. The van der Waals surface area contributed by atoms with Crippen LogP contribution in [0.2, 0.25) is 0 Å². The van der Waals surface area contributed by atoms with Crippen LogP contribution in [-0.4, -0.2) is 31.5 Å². The molecule has 0 radical (unpaired) electrons. The van der Waals surface area contributed by atoms with Crippen LogP contribution in [0.1, 0.15) is 53.7 Å². The molecule has 1 aliphatic heterocycles. The van der Waals surface area contributed by atoms with Crippen molar-refractivity contribution in [1.29, 1.82) is 0 Å². The third kappa shape index (κ3) is 3.86. The predicted octanol–water partition coefficient (Wildman–Crippen LogP) is 4.60. The SMILES string of the molecule is OCCC(CCNCc1scc2c1CCC2)(C[C@@]12COCC1C2)c1ccc(F)cc1. The molecular weight excluding hydrogens is 397 g/mol. The Morgan fingerprint density at radius 2 is 2.10 bits per heavy atom. The van der Waals surface area contributed by atoms with Gasteiger partial charge in [-0.3, -0.25) is 0 Å². The van der Waals surface area contributed by atoms with Gasteiger partial charge in [-0.05, 0) is 102 Å². The van der Waals surface area contributed by atoms with Gasteiger partial charge < -0.3 is 15.2 Å². The van der Waals surface area contributed by atoms with Crippen LogP contribution in [0.5, 0.6) is 0 Å². The van der Waals surface area contributed by atoms with Crippen LogP contribution >= 0.6 is 11.3 Å². The highest BCUT2D eigenvalue weighted by atomic mass is 32.1. The van der Waals surface area contributed by atoms with Crippen molar-refractivity contribution >= 4 is 11.3 Å². The summed E-state index contributed by atoms with van der Waals surface area (Å²) in [5, 5.41) is 16.0. The third-order valence-corrected chi connectivity index (χ3v) is 8.89. The summed E-state index contributed by atoms with van der Waals surface area (Å²) < 4.78 is 19.4. The zero-order valence-electron chi connectivity index (χ0n) is 17.6. The highest BCUT2D eigenvalue weighted by Gasteiger charge is 2.60. The number of ether oxygens (including phenoxy) is 1. The second kappa shape index (κ2) is 8.34. The van der Waals surface area contributed by atoms with E-state index in [-0.39, 0.29) is 23.3 Å². The molecule has 0 amide bonds. The van der Waals surface area contributed by atoms with Crippen molar-refractivity contribution in [2.75, 3.05) is 26.4 Å². The first-order valence-corrected chi connectivity index (χ1v) is 12.3. The number of nitrogens with one attached hydrogen (secondary N) is 1. The topological polar surface area (TPSA) is 41.5 Å². The molecular formula is C25H32FNO2S. The van der Waals surface area contributed by atoms with E-state index in [1.165, 1.54) is 30.6 Å². The van der Waals surface area contributed by atoms with Crippen LogP contribution in [0.15, 0.2) is 29.6 Å². The second-order valence-corrected chi connectivity index (χ2v) is 10.6. The van der Waals surface area contributed by atoms with Crippen molar-refractivity contribution in [1.82, 2.24) is 5.32 Å². The fraction of sp³-hybridized carbons (Fsp3) is 0.600. The molecule has 3 aliphatic rings. The summed E-state index contributed by atoms with van der Waals surface area (Å²) in [6, 6.07) is 7.00. The predicted molar refractivity (Wildman–Crippen MR) is 118 cm³/mol. The minimum Gasteiger partial charge on any atom is -0.396 e. The van der Waals surface area contributed by atoms with Crippen LogP contribution in [-0.2, 0) is 29.5 Å². The van der Waals surface area contributed by atoms with Crippen molar-refractivity contribution in [3.05, 3.63) is 57.0 Å². The summed E-state index contributed by atoms with van der Waals surface area (Å²) in [4.78, 5) is 1.49. The van der Waals surface area contributed by atoms with Crippen molar-refractivity contribution in [2.45, 2.75) is 56.9 Å². The van der Waals surface area contributed by atoms with Crippen LogP contribution in [0.25, 0.3) is 0 Å². The fourth-order valence-electron chi connectivity index (χ4n) is 6.01. The van der Waals surface area contributed by atoms with Gasteiger partial charge in [0.15, 0.2) is 0 Å².